The zero-order chi connectivity index (χ0) is 16.1. The number of imide groups is 1. The minimum Gasteiger partial charge on any atom is -0.372 e. The van der Waals surface area contributed by atoms with E-state index >= 15 is 0 Å². The van der Waals surface area contributed by atoms with E-state index in [0.29, 0.717) is 12.2 Å². The van der Waals surface area contributed by atoms with Gasteiger partial charge in [0.15, 0.2) is 0 Å². The molecule has 1 aliphatic heterocycles. The van der Waals surface area contributed by atoms with Crippen molar-refractivity contribution < 1.29 is 9.59 Å². The summed E-state index contributed by atoms with van der Waals surface area (Å²) in [4.78, 5) is 27.4. The zero-order valence-corrected chi connectivity index (χ0v) is 13.4. The smallest absolute Gasteiger partial charge is 0.329 e. The Morgan fingerprint density at radius 1 is 1.09 bits per heavy atom. The van der Waals surface area contributed by atoms with Crippen LogP contribution in [0.4, 0.5) is 10.5 Å². The van der Waals surface area contributed by atoms with Gasteiger partial charge in [-0.15, -0.1) is 0 Å². The predicted molar refractivity (Wildman–Crippen MR) is 88.5 cm³/mol. The minimum atomic E-state index is -0.335. The number of nitrogens with one attached hydrogen (secondary N) is 1. The van der Waals surface area contributed by atoms with E-state index in [0.717, 1.165) is 30.8 Å². The Bertz CT molecular complexity index is 574. The van der Waals surface area contributed by atoms with Crippen molar-refractivity contribution in [1.29, 1.82) is 0 Å². The number of anilines is 1. The molecule has 2 rings (SSSR count). The Morgan fingerprint density at radius 2 is 1.73 bits per heavy atom. The van der Waals surface area contributed by atoms with Gasteiger partial charge in [0, 0.05) is 25.3 Å². The predicted octanol–water partition coefficient (Wildman–Crippen LogP) is 2.84. The number of hydrogen-bond donors (Lipinski definition) is 1. The van der Waals surface area contributed by atoms with Gasteiger partial charge in [0.1, 0.15) is 5.70 Å². The quantitative estimate of drug-likeness (QED) is 0.649. The van der Waals surface area contributed by atoms with Crippen LogP contribution < -0.4 is 10.2 Å². The second kappa shape index (κ2) is 7.11. The van der Waals surface area contributed by atoms with E-state index in [1.54, 1.807) is 6.08 Å². The molecule has 0 unspecified atom stereocenters. The van der Waals surface area contributed by atoms with Gasteiger partial charge in [0.2, 0.25) is 0 Å². The molecular weight excluding hydrogens is 278 g/mol. The number of urea groups is 1. The lowest BCUT2D eigenvalue weighted by atomic mass is 10.1. The van der Waals surface area contributed by atoms with Gasteiger partial charge in [-0.3, -0.25) is 9.69 Å². The molecule has 0 aromatic heterocycles. The molecule has 22 heavy (non-hydrogen) atoms. The molecule has 1 saturated heterocycles. The maximum absolute atomic E-state index is 12.1. The number of rotatable bonds is 6. The first-order chi connectivity index (χ1) is 10.6. The molecular formula is C17H23N3O2. The molecule has 1 heterocycles. The third kappa shape index (κ3) is 3.30. The van der Waals surface area contributed by atoms with Gasteiger partial charge in [-0.05, 0) is 44.0 Å². The van der Waals surface area contributed by atoms with Crippen LogP contribution in [-0.4, -0.2) is 36.5 Å². The second-order valence-electron chi connectivity index (χ2n) is 5.21. The van der Waals surface area contributed by atoms with Crippen molar-refractivity contribution in [3.8, 4) is 0 Å². The highest BCUT2D eigenvalue weighted by molar-refractivity contribution is 6.13. The molecule has 0 radical (unpaired) electrons. The molecule has 3 amide bonds. The molecule has 0 saturated carbocycles. The van der Waals surface area contributed by atoms with E-state index in [9.17, 15) is 9.59 Å². The Hall–Kier alpha value is -2.30. The van der Waals surface area contributed by atoms with Crippen molar-refractivity contribution in [3.05, 3.63) is 35.5 Å². The number of carbonyl (C=O) groups is 2. The molecule has 1 aromatic carbocycles. The van der Waals surface area contributed by atoms with Crippen LogP contribution in [0.1, 0.15) is 32.8 Å². The van der Waals surface area contributed by atoms with Crippen molar-refractivity contribution >= 4 is 23.7 Å². The normalized spacial score (nSPS) is 16.3. The highest BCUT2D eigenvalue weighted by Gasteiger charge is 2.32. The number of nitrogens with zero attached hydrogens (tertiary/aromatic N) is 2. The van der Waals surface area contributed by atoms with E-state index in [2.05, 4.69) is 24.1 Å². The monoisotopic (exact) mass is 301 g/mol. The third-order valence-corrected chi connectivity index (χ3v) is 3.74. The van der Waals surface area contributed by atoms with Crippen LogP contribution in [0.3, 0.4) is 0 Å². The van der Waals surface area contributed by atoms with Crippen molar-refractivity contribution in [3.63, 3.8) is 0 Å². The molecule has 1 aromatic rings. The number of carbonyl (C=O) groups excluding carboxylic acids is 2. The summed E-state index contributed by atoms with van der Waals surface area (Å²) in [5.41, 5.74) is 2.40. The highest BCUT2D eigenvalue weighted by Crippen LogP contribution is 2.18. The van der Waals surface area contributed by atoms with Crippen LogP contribution in [0, 0.1) is 0 Å². The fraction of sp³-hybridized carbons (Fsp3) is 0.412. The molecule has 1 aliphatic rings. The van der Waals surface area contributed by atoms with E-state index < -0.39 is 0 Å². The lowest BCUT2D eigenvalue weighted by Gasteiger charge is -2.20. The first-order valence-corrected chi connectivity index (χ1v) is 7.80. The Balaban J connectivity index is 2.16. The fourth-order valence-electron chi connectivity index (χ4n) is 2.54. The Labute approximate surface area is 131 Å². The topological polar surface area (TPSA) is 52.7 Å². The molecule has 0 atom stereocenters. The molecule has 0 aliphatic carbocycles. The van der Waals surface area contributed by atoms with Crippen LogP contribution in [0.25, 0.3) is 6.08 Å². The summed E-state index contributed by atoms with van der Waals surface area (Å²) in [5.74, 6) is -0.250. The SMILES string of the molecule is CCCN1C(=O)N/C(=C/c2ccc(N(CC)CC)cc2)C1=O. The van der Waals surface area contributed by atoms with E-state index in [-0.39, 0.29) is 11.9 Å². The molecule has 118 valence electrons. The van der Waals surface area contributed by atoms with Gasteiger partial charge in [0.05, 0.1) is 0 Å². The Morgan fingerprint density at radius 3 is 2.27 bits per heavy atom. The minimum absolute atomic E-state index is 0.250. The standard InChI is InChI=1S/C17H23N3O2/c1-4-11-20-16(21)15(18-17(20)22)12-13-7-9-14(10-8-13)19(5-2)6-3/h7-10,12H,4-6,11H2,1-3H3,(H,18,22)/b15-12+. The number of hydrogen-bond acceptors (Lipinski definition) is 3. The summed E-state index contributed by atoms with van der Waals surface area (Å²) < 4.78 is 0. The summed E-state index contributed by atoms with van der Waals surface area (Å²) in [6.07, 6.45) is 2.48. The van der Waals surface area contributed by atoms with Crippen molar-refractivity contribution in [2.24, 2.45) is 0 Å². The van der Waals surface area contributed by atoms with E-state index in [4.69, 9.17) is 0 Å². The lowest BCUT2D eigenvalue weighted by Crippen LogP contribution is -2.31. The number of amides is 3. The van der Waals surface area contributed by atoms with Crippen molar-refractivity contribution in [2.45, 2.75) is 27.2 Å². The van der Waals surface area contributed by atoms with Crippen LogP contribution in [0.2, 0.25) is 0 Å². The van der Waals surface area contributed by atoms with Crippen molar-refractivity contribution in [2.75, 3.05) is 24.5 Å². The first-order valence-electron chi connectivity index (χ1n) is 7.80. The van der Waals surface area contributed by atoms with E-state index in [1.807, 2.05) is 31.2 Å². The molecule has 5 nitrogen and oxygen atoms in total. The molecule has 0 bridgehead atoms. The molecule has 5 heteroatoms. The zero-order valence-electron chi connectivity index (χ0n) is 13.4. The largest absolute Gasteiger partial charge is 0.372 e. The van der Waals surface area contributed by atoms with Gasteiger partial charge in [-0.2, -0.15) is 0 Å². The average molecular weight is 301 g/mol. The van der Waals surface area contributed by atoms with Gasteiger partial charge in [-0.1, -0.05) is 19.1 Å². The summed E-state index contributed by atoms with van der Waals surface area (Å²) in [6.45, 7) is 8.54. The molecule has 0 spiro atoms. The van der Waals surface area contributed by atoms with Crippen LogP contribution in [-0.2, 0) is 4.79 Å². The summed E-state index contributed by atoms with van der Waals surface area (Å²) in [5, 5.41) is 2.63. The molecule has 1 N–H and O–H groups in total. The Kier molecular flexibility index (Phi) is 5.20. The summed E-state index contributed by atoms with van der Waals surface area (Å²) in [6, 6.07) is 7.65. The van der Waals surface area contributed by atoms with Gasteiger partial charge in [-0.25, -0.2) is 4.79 Å². The van der Waals surface area contributed by atoms with Crippen LogP contribution >= 0.6 is 0 Å². The van der Waals surface area contributed by atoms with Gasteiger partial charge in [0.25, 0.3) is 5.91 Å². The van der Waals surface area contributed by atoms with Gasteiger partial charge >= 0.3 is 6.03 Å². The maximum atomic E-state index is 12.1. The lowest BCUT2D eigenvalue weighted by molar-refractivity contribution is -0.122. The van der Waals surface area contributed by atoms with Gasteiger partial charge < -0.3 is 10.2 Å². The second-order valence-corrected chi connectivity index (χ2v) is 5.21. The first kappa shape index (κ1) is 16.1. The average Bonchev–Trinajstić information content (AvgIpc) is 2.78. The fourth-order valence-corrected chi connectivity index (χ4v) is 2.54. The maximum Gasteiger partial charge on any atom is 0.329 e. The van der Waals surface area contributed by atoms with Crippen LogP contribution in [0.15, 0.2) is 30.0 Å². The summed E-state index contributed by atoms with van der Waals surface area (Å²) >= 11 is 0. The van der Waals surface area contributed by atoms with E-state index in [1.165, 1.54) is 4.90 Å². The third-order valence-electron chi connectivity index (χ3n) is 3.74. The summed E-state index contributed by atoms with van der Waals surface area (Å²) in [7, 11) is 0. The van der Waals surface area contributed by atoms with Crippen LogP contribution in [0.5, 0.6) is 0 Å². The highest BCUT2D eigenvalue weighted by atomic mass is 16.2. The molecule has 1 fully saturated rings. The van der Waals surface area contributed by atoms with Crippen molar-refractivity contribution in [1.82, 2.24) is 10.2 Å². The number of benzene rings is 1.